The summed E-state index contributed by atoms with van der Waals surface area (Å²) in [4.78, 5) is 11.7. The summed E-state index contributed by atoms with van der Waals surface area (Å²) in [7, 11) is 1.72. The van der Waals surface area contributed by atoms with Crippen LogP contribution in [0, 0.1) is 13.8 Å². The highest BCUT2D eigenvalue weighted by Gasteiger charge is 2.17. The van der Waals surface area contributed by atoms with Crippen molar-refractivity contribution in [1.29, 1.82) is 0 Å². The number of nitrogens with one attached hydrogen (secondary N) is 1. The van der Waals surface area contributed by atoms with Gasteiger partial charge in [0.15, 0.2) is 0 Å². The SMILES string of the molecule is COCCNCCc1c(C)nc(N2CCCC2)nc1C. The summed E-state index contributed by atoms with van der Waals surface area (Å²) >= 11 is 0. The molecule has 0 spiro atoms. The Hall–Kier alpha value is -1.20. The molecule has 1 aliphatic rings. The van der Waals surface area contributed by atoms with Crippen LogP contribution in [0.2, 0.25) is 0 Å². The Kier molecular flexibility index (Phi) is 5.73. The quantitative estimate of drug-likeness (QED) is 0.766. The second-order valence-electron chi connectivity index (χ2n) is 5.36. The minimum absolute atomic E-state index is 0.752. The van der Waals surface area contributed by atoms with Crippen LogP contribution in [0.5, 0.6) is 0 Å². The van der Waals surface area contributed by atoms with E-state index >= 15 is 0 Å². The average molecular weight is 278 g/mol. The number of anilines is 1. The molecule has 0 atom stereocenters. The van der Waals surface area contributed by atoms with Crippen LogP contribution in [-0.4, -0.2) is 49.9 Å². The van der Waals surface area contributed by atoms with Gasteiger partial charge in [-0.15, -0.1) is 0 Å². The highest BCUT2D eigenvalue weighted by molar-refractivity contribution is 5.37. The molecule has 2 rings (SSSR count). The standard InChI is InChI=1S/C15H26N4O/c1-12-14(6-7-16-8-11-20-3)13(2)18-15(17-12)19-9-4-5-10-19/h16H,4-11H2,1-3H3. The Morgan fingerprint density at radius 3 is 2.35 bits per heavy atom. The van der Waals surface area contributed by atoms with E-state index in [9.17, 15) is 0 Å². The zero-order valence-electron chi connectivity index (χ0n) is 12.9. The van der Waals surface area contributed by atoms with E-state index in [0.717, 1.165) is 56.5 Å². The van der Waals surface area contributed by atoms with Crippen LogP contribution in [0.1, 0.15) is 29.8 Å². The van der Waals surface area contributed by atoms with Crippen molar-refractivity contribution in [3.63, 3.8) is 0 Å². The lowest BCUT2D eigenvalue weighted by Gasteiger charge is -2.18. The molecule has 0 bridgehead atoms. The number of hydrogen-bond donors (Lipinski definition) is 1. The van der Waals surface area contributed by atoms with Crippen LogP contribution < -0.4 is 10.2 Å². The van der Waals surface area contributed by atoms with Crippen molar-refractivity contribution in [2.75, 3.05) is 44.8 Å². The van der Waals surface area contributed by atoms with Crippen molar-refractivity contribution < 1.29 is 4.74 Å². The first kappa shape index (κ1) is 15.2. The van der Waals surface area contributed by atoms with Crippen molar-refractivity contribution >= 4 is 5.95 Å². The average Bonchev–Trinajstić information content (AvgIpc) is 2.95. The molecule has 0 unspecified atom stereocenters. The van der Waals surface area contributed by atoms with Gasteiger partial charge in [0.25, 0.3) is 0 Å². The van der Waals surface area contributed by atoms with Crippen LogP contribution in [0.4, 0.5) is 5.95 Å². The monoisotopic (exact) mass is 278 g/mol. The number of aromatic nitrogens is 2. The molecule has 0 amide bonds. The van der Waals surface area contributed by atoms with Gasteiger partial charge in [-0.05, 0) is 45.2 Å². The zero-order valence-corrected chi connectivity index (χ0v) is 12.9. The molecule has 112 valence electrons. The lowest BCUT2D eigenvalue weighted by Crippen LogP contribution is -2.24. The Labute approximate surface area is 121 Å². The van der Waals surface area contributed by atoms with E-state index in [4.69, 9.17) is 14.7 Å². The van der Waals surface area contributed by atoms with Crippen LogP contribution in [-0.2, 0) is 11.2 Å². The molecule has 5 heteroatoms. The van der Waals surface area contributed by atoms with Crippen molar-refractivity contribution in [3.8, 4) is 0 Å². The first-order valence-corrected chi connectivity index (χ1v) is 7.51. The topological polar surface area (TPSA) is 50.3 Å². The third-order valence-corrected chi connectivity index (χ3v) is 3.83. The van der Waals surface area contributed by atoms with Gasteiger partial charge in [0.2, 0.25) is 5.95 Å². The van der Waals surface area contributed by atoms with E-state index in [2.05, 4.69) is 24.1 Å². The summed E-state index contributed by atoms with van der Waals surface area (Å²) in [6.45, 7) is 8.96. The fourth-order valence-electron chi connectivity index (χ4n) is 2.65. The molecular weight excluding hydrogens is 252 g/mol. The fraction of sp³-hybridized carbons (Fsp3) is 0.733. The summed E-state index contributed by atoms with van der Waals surface area (Å²) in [5.74, 6) is 0.911. The maximum absolute atomic E-state index is 5.02. The van der Waals surface area contributed by atoms with Crippen LogP contribution >= 0.6 is 0 Å². The molecule has 2 heterocycles. The molecule has 1 saturated heterocycles. The van der Waals surface area contributed by atoms with Crippen molar-refractivity contribution in [2.45, 2.75) is 33.1 Å². The number of methoxy groups -OCH3 is 1. The highest BCUT2D eigenvalue weighted by atomic mass is 16.5. The summed E-state index contributed by atoms with van der Waals surface area (Å²) in [5, 5.41) is 3.37. The van der Waals surface area contributed by atoms with Gasteiger partial charge in [0.1, 0.15) is 0 Å². The summed E-state index contributed by atoms with van der Waals surface area (Å²) in [6.07, 6.45) is 3.49. The second-order valence-corrected chi connectivity index (χ2v) is 5.36. The Bertz CT molecular complexity index is 407. The molecular formula is C15H26N4O. The molecule has 5 nitrogen and oxygen atoms in total. The molecule has 0 aromatic carbocycles. The van der Waals surface area contributed by atoms with Gasteiger partial charge in [-0.2, -0.15) is 0 Å². The third-order valence-electron chi connectivity index (χ3n) is 3.83. The lowest BCUT2D eigenvalue weighted by molar-refractivity contribution is 0.199. The van der Waals surface area contributed by atoms with Crippen LogP contribution in [0.3, 0.4) is 0 Å². The molecule has 0 aliphatic carbocycles. The molecule has 20 heavy (non-hydrogen) atoms. The molecule has 1 fully saturated rings. The van der Waals surface area contributed by atoms with Gasteiger partial charge in [-0.3, -0.25) is 0 Å². The van der Waals surface area contributed by atoms with Gasteiger partial charge in [-0.25, -0.2) is 9.97 Å². The fourth-order valence-corrected chi connectivity index (χ4v) is 2.65. The van der Waals surface area contributed by atoms with Crippen molar-refractivity contribution in [2.24, 2.45) is 0 Å². The Balaban J connectivity index is 1.95. The smallest absolute Gasteiger partial charge is 0.225 e. The summed E-state index contributed by atoms with van der Waals surface area (Å²) in [5.41, 5.74) is 3.51. The highest BCUT2D eigenvalue weighted by Crippen LogP contribution is 2.19. The molecule has 0 saturated carbocycles. The van der Waals surface area contributed by atoms with Crippen LogP contribution in [0.15, 0.2) is 0 Å². The van der Waals surface area contributed by atoms with E-state index in [1.165, 1.54) is 18.4 Å². The maximum Gasteiger partial charge on any atom is 0.225 e. The third kappa shape index (κ3) is 3.90. The molecule has 1 aromatic rings. The van der Waals surface area contributed by atoms with Gasteiger partial charge in [0.05, 0.1) is 6.61 Å². The van der Waals surface area contributed by atoms with E-state index in [1.54, 1.807) is 7.11 Å². The van der Waals surface area contributed by atoms with E-state index in [1.807, 2.05) is 0 Å². The molecule has 1 aliphatic heterocycles. The number of rotatable bonds is 7. The zero-order chi connectivity index (χ0) is 14.4. The normalized spacial score (nSPS) is 15.1. The van der Waals surface area contributed by atoms with Crippen molar-refractivity contribution in [1.82, 2.24) is 15.3 Å². The largest absolute Gasteiger partial charge is 0.383 e. The first-order chi connectivity index (χ1) is 9.72. The van der Waals surface area contributed by atoms with Crippen LogP contribution in [0.25, 0.3) is 0 Å². The number of aryl methyl sites for hydroxylation is 2. The molecule has 1 aromatic heterocycles. The van der Waals surface area contributed by atoms with Gasteiger partial charge < -0.3 is 15.0 Å². The van der Waals surface area contributed by atoms with Gasteiger partial charge >= 0.3 is 0 Å². The second kappa shape index (κ2) is 7.55. The first-order valence-electron chi connectivity index (χ1n) is 7.51. The van der Waals surface area contributed by atoms with E-state index < -0.39 is 0 Å². The Morgan fingerprint density at radius 1 is 1.10 bits per heavy atom. The minimum atomic E-state index is 0.752. The predicted molar refractivity (Wildman–Crippen MR) is 81.4 cm³/mol. The van der Waals surface area contributed by atoms with E-state index in [-0.39, 0.29) is 0 Å². The van der Waals surface area contributed by atoms with Gasteiger partial charge in [0, 0.05) is 38.1 Å². The molecule has 1 N–H and O–H groups in total. The number of ether oxygens (including phenoxy) is 1. The van der Waals surface area contributed by atoms with Gasteiger partial charge in [-0.1, -0.05) is 0 Å². The van der Waals surface area contributed by atoms with Crippen molar-refractivity contribution in [3.05, 3.63) is 17.0 Å². The molecule has 0 radical (unpaired) electrons. The minimum Gasteiger partial charge on any atom is -0.383 e. The summed E-state index contributed by atoms with van der Waals surface area (Å²) < 4.78 is 5.02. The maximum atomic E-state index is 5.02. The summed E-state index contributed by atoms with van der Waals surface area (Å²) in [6, 6.07) is 0. The number of nitrogens with zero attached hydrogens (tertiary/aromatic N) is 3. The van der Waals surface area contributed by atoms with E-state index in [0.29, 0.717) is 0 Å². The predicted octanol–water partition coefficient (Wildman–Crippen LogP) is 1.47. The number of hydrogen-bond acceptors (Lipinski definition) is 5. The lowest BCUT2D eigenvalue weighted by atomic mass is 10.1. The Morgan fingerprint density at radius 2 is 1.75 bits per heavy atom.